The lowest BCUT2D eigenvalue weighted by atomic mass is 10.5. The van der Waals surface area contributed by atoms with Crippen LogP contribution < -0.4 is 0 Å². The Morgan fingerprint density at radius 3 is 1.34 bits per heavy atom. The fourth-order valence-electron chi connectivity index (χ4n) is 2.52. The molecule has 41 heavy (non-hydrogen) atoms. The Kier molecular flexibility index (Phi) is 37.7. The molecule has 0 bridgehead atoms. The van der Waals surface area contributed by atoms with Crippen molar-refractivity contribution in [1.82, 2.24) is 0 Å². The van der Waals surface area contributed by atoms with Gasteiger partial charge in [-0.3, -0.25) is 18.6 Å². The van der Waals surface area contributed by atoms with Crippen molar-refractivity contribution in [2.75, 3.05) is 96.8 Å². The van der Waals surface area contributed by atoms with Crippen molar-refractivity contribution in [2.24, 2.45) is 0 Å². The minimum atomic E-state index is -0.808. The van der Waals surface area contributed by atoms with Gasteiger partial charge in [0.1, 0.15) is 0 Å². The Morgan fingerprint density at radius 2 is 0.878 bits per heavy atom. The van der Waals surface area contributed by atoms with Gasteiger partial charge in [-0.05, 0) is 12.2 Å². The van der Waals surface area contributed by atoms with Gasteiger partial charge in [0.2, 0.25) is 0 Å². The quantitative estimate of drug-likeness (QED) is 0.0632. The van der Waals surface area contributed by atoms with Crippen molar-refractivity contribution in [1.29, 1.82) is 0 Å². The van der Waals surface area contributed by atoms with Gasteiger partial charge in [0.25, 0.3) is 0 Å². The fourth-order valence-corrected chi connectivity index (χ4v) is 13.2. The summed E-state index contributed by atoms with van der Waals surface area (Å²) in [5, 5.41) is 19.8. The molecule has 1 atom stereocenters. The molecule has 0 spiro atoms. The van der Waals surface area contributed by atoms with Gasteiger partial charge in [0, 0.05) is 109 Å². The van der Waals surface area contributed by atoms with E-state index in [0.29, 0.717) is 30.8 Å². The summed E-state index contributed by atoms with van der Waals surface area (Å²) in [7, 11) is -0.808. The van der Waals surface area contributed by atoms with Gasteiger partial charge in [-0.15, -0.1) is 23.5 Å². The van der Waals surface area contributed by atoms with E-state index in [2.05, 4.69) is 0 Å². The largest absolute Gasteiger partial charge is 0.386 e. The molecule has 0 aromatic rings. The van der Waals surface area contributed by atoms with Gasteiger partial charge < -0.3 is 10.2 Å². The molecule has 0 rings (SSSR count). The van der Waals surface area contributed by atoms with Crippen LogP contribution in [-0.4, -0.2) is 127 Å². The Hall–Kier alpha value is 2.58. The van der Waals surface area contributed by atoms with Crippen LogP contribution in [-0.2, 0) is 25.2 Å². The lowest BCUT2D eigenvalue weighted by Gasteiger charge is -2.04. The standard InChI is InChI=1S/C24H44O6S11/c25-18-36-20-34-10-13-39-22(27)2-6-31-5-1-16-41(30)17-15-33-9-12-38-23(28)3-7-32-8-4-24(29)40-14-11-35-21-37-19-26/h25-26H,1-21H2. The molecule has 0 aliphatic rings. The molecule has 1 unspecified atom stereocenters. The van der Waals surface area contributed by atoms with Gasteiger partial charge in [-0.2, -0.15) is 58.8 Å². The van der Waals surface area contributed by atoms with Crippen LogP contribution in [0.15, 0.2) is 0 Å². The van der Waals surface area contributed by atoms with Crippen LogP contribution in [0.5, 0.6) is 0 Å². The number of aliphatic hydroxyl groups is 2. The molecule has 6 nitrogen and oxygen atoms in total. The highest BCUT2D eigenvalue weighted by atomic mass is 32.2. The first-order valence-corrected chi connectivity index (χ1v) is 25.6. The van der Waals surface area contributed by atoms with Crippen LogP contribution in [0.2, 0.25) is 0 Å². The Bertz CT molecular complexity index is 676. The van der Waals surface area contributed by atoms with E-state index in [1.54, 1.807) is 58.8 Å². The maximum atomic E-state index is 12.2. The molecule has 0 fully saturated rings. The van der Waals surface area contributed by atoms with E-state index in [4.69, 9.17) is 10.2 Å². The maximum Gasteiger partial charge on any atom is 0.189 e. The van der Waals surface area contributed by atoms with Gasteiger partial charge in [-0.1, -0.05) is 35.3 Å². The number of carbonyl (C=O) groups excluding carboxylic acids is 3. The maximum absolute atomic E-state index is 12.2. The van der Waals surface area contributed by atoms with Crippen LogP contribution in [0.4, 0.5) is 0 Å². The predicted molar refractivity (Wildman–Crippen MR) is 205 cm³/mol. The van der Waals surface area contributed by atoms with E-state index in [0.717, 1.165) is 79.9 Å². The van der Waals surface area contributed by atoms with Gasteiger partial charge >= 0.3 is 0 Å². The summed E-state index contributed by atoms with van der Waals surface area (Å²) in [6, 6.07) is 0. The lowest BCUT2D eigenvalue weighted by molar-refractivity contribution is -0.111. The predicted octanol–water partition coefficient (Wildman–Crippen LogP) is 6.02. The van der Waals surface area contributed by atoms with Crippen LogP contribution in [0.1, 0.15) is 25.7 Å². The van der Waals surface area contributed by atoms with E-state index < -0.39 is 10.8 Å². The zero-order valence-corrected chi connectivity index (χ0v) is 32.3. The van der Waals surface area contributed by atoms with Crippen molar-refractivity contribution in [3.8, 4) is 0 Å². The third-order valence-electron chi connectivity index (χ3n) is 4.46. The normalized spacial score (nSPS) is 12.0. The van der Waals surface area contributed by atoms with Crippen molar-refractivity contribution >= 4 is 144 Å². The average molecular weight is 781 g/mol. The molecule has 0 aromatic heterocycles. The van der Waals surface area contributed by atoms with Gasteiger partial charge in [0.15, 0.2) is 15.3 Å². The lowest BCUT2D eigenvalue weighted by Crippen LogP contribution is -2.07. The summed E-state index contributed by atoms with van der Waals surface area (Å²) in [5.74, 6) is 10.9. The molecular formula is C24H44O6S11. The van der Waals surface area contributed by atoms with E-state index in [1.165, 1.54) is 58.8 Å². The third-order valence-corrected chi connectivity index (χ3v) is 16.8. The Balaban J connectivity index is 3.42. The van der Waals surface area contributed by atoms with E-state index in [9.17, 15) is 18.6 Å². The molecule has 0 radical (unpaired) electrons. The number of carbonyl (C=O) groups is 3. The summed E-state index contributed by atoms with van der Waals surface area (Å²) in [6.45, 7) is 0. The summed E-state index contributed by atoms with van der Waals surface area (Å²) in [4.78, 5) is 35.7. The second-order valence-electron chi connectivity index (χ2n) is 7.67. The third kappa shape index (κ3) is 35.3. The number of hydrogen-bond donors (Lipinski definition) is 2. The van der Waals surface area contributed by atoms with Crippen molar-refractivity contribution in [2.45, 2.75) is 25.7 Å². The second kappa shape index (κ2) is 35.4. The summed E-state index contributed by atoms with van der Waals surface area (Å²) >= 11 is 15.7. The minimum absolute atomic E-state index is 0.140. The molecular weight excluding hydrogens is 737 g/mol. The molecule has 17 heteroatoms. The first-order chi connectivity index (χ1) is 20.0. The van der Waals surface area contributed by atoms with Crippen LogP contribution in [0, 0.1) is 0 Å². The van der Waals surface area contributed by atoms with Crippen molar-refractivity contribution in [3.05, 3.63) is 0 Å². The van der Waals surface area contributed by atoms with Crippen LogP contribution in [0.25, 0.3) is 0 Å². The van der Waals surface area contributed by atoms with Crippen LogP contribution in [0.3, 0.4) is 0 Å². The molecule has 0 saturated carbocycles. The topological polar surface area (TPSA) is 109 Å². The van der Waals surface area contributed by atoms with Crippen molar-refractivity contribution in [3.63, 3.8) is 0 Å². The molecule has 0 heterocycles. The molecule has 2 N–H and O–H groups in total. The summed E-state index contributed by atoms with van der Waals surface area (Å²) in [6.07, 6.45) is 2.55. The smallest absolute Gasteiger partial charge is 0.189 e. The minimum Gasteiger partial charge on any atom is -0.386 e. The molecule has 0 saturated heterocycles. The Labute approximate surface area is 292 Å². The highest BCUT2D eigenvalue weighted by Crippen LogP contribution is 2.18. The molecule has 0 aromatic carbocycles. The first-order valence-electron chi connectivity index (χ1n) is 13.1. The zero-order chi connectivity index (χ0) is 30.2. The molecule has 0 aliphatic heterocycles. The monoisotopic (exact) mass is 780 g/mol. The van der Waals surface area contributed by atoms with Crippen LogP contribution >= 0.6 is 118 Å². The van der Waals surface area contributed by atoms with E-state index in [-0.39, 0.29) is 27.2 Å². The SMILES string of the molecule is O=C(CCSCCCS(=O)CCSCCSC(=O)CCSCCC(=O)SCCSCSCO)SCCSCSCO. The number of aliphatic hydroxyl groups excluding tert-OH is 2. The highest BCUT2D eigenvalue weighted by molar-refractivity contribution is 8.18. The summed E-state index contributed by atoms with van der Waals surface area (Å²) < 4.78 is 12.2. The Morgan fingerprint density at radius 1 is 0.463 bits per heavy atom. The zero-order valence-electron chi connectivity index (χ0n) is 23.4. The van der Waals surface area contributed by atoms with Gasteiger partial charge in [-0.25, -0.2) is 0 Å². The molecule has 0 amide bonds. The average Bonchev–Trinajstić information content (AvgIpc) is 2.96. The van der Waals surface area contributed by atoms with Gasteiger partial charge in [0.05, 0.1) is 11.9 Å². The molecule has 0 aliphatic carbocycles. The van der Waals surface area contributed by atoms with Crippen molar-refractivity contribution < 1.29 is 28.8 Å². The number of rotatable bonds is 31. The highest BCUT2D eigenvalue weighted by Gasteiger charge is 2.07. The van der Waals surface area contributed by atoms with E-state index >= 15 is 0 Å². The number of hydrogen-bond acceptors (Lipinski definition) is 16. The first kappa shape index (κ1) is 43.6. The fraction of sp³-hybridized carbons (Fsp3) is 0.875. The number of thioether (sulfide) groups is 10. The van der Waals surface area contributed by atoms with E-state index in [1.807, 2.05) is 0 Å². The molecule has 242 valence electrons. The second-order valence-corrected chi connectivity index (χ2v) is 21.3. The summed E-state index contributed by atoms with van der Waals surface area (Å²) in [5.41, 5.74) is 0.